The van der Waals surface area contributed by atoms with E-state index in [2.05, 4.69) is 5.32 Å². The lowest BCUT2D eigenvalue weighted by Crippen LogP contribution is -2.54. The molecule has 0 bridgehead atoms. The molecule has 1 aliphatic heterocycles. The topological polar surface area (TPSA) is 79.6 Å². The Kier molecular flexibility index (Phi) is 4.01. The maximum Gasteiger partial charge on any atom is 0.289 e. The van der Waals surface area contributed by atoms with Gasteiger partial charge in [0.2, 0.25) is 5.91 Å². The van der Waals surface area contributed by atoms with Gasteiger partial charge in [-0.3, -0.25) is 19.3 Å². The molecule has 0 unspecified atom stereocenters. The third-order valence-electron chi connectivity index (χ3n) is 3.91. The summed E-state index contributed by atoms with van der Waals surface area (Å²) in [6.45, 7) is 0. The molecule has 3 rings (SSSR count). The summed E-state index contributed by atoms with van der Waals surface area (Å²) in [5.74, 6) is -0.0145. The van der Waals surface area contributed by atoms with Crippen LogP contribution >= 0.6 is 11.8 Å². The van der Waals surface area contributed by atoms with E-state index in [0.717, 1.165) is 37.4 Å². The van der Waals surface area contributed by atoms with Crippen LogP contribution in [0.5, 0.6) is 0 Å². The summed E-state index contributed by atoms with van der Waals surface area (Å²) in [4.78, 5) is 37.2. The normalized spacial score (nSPS) is 26.2. The summed E-state index contributed by atoms with van der Waals surface area (Å²) in [5, 5.41) is 2.70. The molecule has 2 atom stereocenters. The Balaban J connectivity index is 1.74. The van der Waals surface area contributed by atoms with E-state index in [9.17, 15) is 14.4 Å². The van der Waals surface area contributed by atoms with Gasteiger partial charge in [0.1, 0.15) is 0 Å². The van der Waals surface area contributed by atoms with E-state index < -0.39 is 0 Å². The van der Waals surface area contributed by atoms with Crippen LogP contribution in [0.1, 0.15) is 36.2 Å². The van der Waals surface area contributed by atoms with Crippen LogP contribution in [0.25, 0.3) is 0 Å². The average molecular weight is 308 g/mol. The molecule has 2 fully saturated rings. The highest BCUT2D eigenvalue weighted by atomic mass is 32.2. The van der Waals surface area contributed by atoms with Crippen LogP contribution in [0.3, 0.4) is 0 Å². The van der Waals surface area contributed by atoms with E-state index in [4.69, 9.17) is 4.42 Å². The molecule has 1 saturated carbocycles. The molecule has 1 aromatic rings. The summed E-state index contributed by atoms with van der Waals surface area (Å²) in [6.07, 6.45) is 4.87. The van der Waals surface area contributed by atoms with Crippen LogP contribution in [0.2, 0.25) is 0 Å². The zero-order chi connectivity index (χ0) is 14.8. The Morgan fingerprint density at radius 3 is 2.81 bits per heavy atom. The van der Waals surface area contributed by atoms with Crippen LogP contribution in [-0.2, 0) is 4.79 Å². The third-order valence-corrected chi connectivity index (χ3v) is 4.74. The molecule has 1 saturated heterocycles. The minimum atomic E-state index is -0.302. The lowest BCUT2D eigenvalue weighted by molar-refractivity contribution is -0.127. The van der Waals surface area contributed by atoms with Crippen molar-refractivity contribution in [2.24, 2.45) is 0 Å². The fourth-order valence-electron chi connectivity index (χ4n) is 2.92. The van der Waals surface area contributed by atoms with Crippen molar-refractivity contribution < 1.29 is 18.8 Å². The van der Waals surface area contributed by atoms with Crippen molar-refractivity contribution in [1.29, 1.82) is 0 Å². The molecule has 0 aromatic carbocycles. The monoisotopic (exact) mass is 308 g/mol. The lowest BCUT2D eigenvalue weighted by Gasteiger charge is -2.36. The molecule has 0 spiro atoms. The highest BCUT2D eigenvalue weighted by molar-refractivity contribution is 8.14. The number of nitrogens with zero attached hydrogens (tertiary/aromatic N) is 1. The first-order valence-corrected chi connectivity index (χ1v) is 7.98. The molecule has 1 aliphatic carbocycles. The number of imide groups is 1. The summed E-state index contributed by atoms with van der Waals surface area (Å²) >= 11 is 1.03. The van der Waals surface area contributed by atoms with Gasteiger partial charge in [0.15, 0.2) is 5.76 Å². The Morgan fingerprint density at radius 1 is 1.33 bits per heavy atom. The predicted molar refractivity (Wildman–Crippen MR) is 76.9 cm³/mol. The molecular weight excluding hydrogens is 292 g/mol. The van der Waals surface area contributed by atoms with Gasteiger partial charge in [-0.15, -0.1) is 0 Å². The summed E-state index contributed by atoms with van der Waals surface area (Å²) in [7, 11) is 0. The van der Waals surface area contributed by atoms with Crippen molar-refractivity contribution in [3.8, 4) is 0 Å². The van der Waals surface area contributed by atoms with Crippen LogP contribution in [-0.4, -0.2) is 39.8 Å². The number of rotatable bonds is 3. The molecule has 21 heavy (non-hydrogen) atoms. The fourth-order valence-corrected chi connectivity index (χ4v) is 3.68. The summed E-state index contributed by atoms with van der Waals surface area (Å²) < 4.78 is 5.08. The highest BCUT2D eigenvalue weighted by Gasteiger charge is 2.41. The number of carbonyl (C=O) groups excluding carboxylic acids is 3. The van der Waals surface area contributed by atoms with E-state index >= 15 is 0 Å². The zero-order valence-corrected chi connectivity index (χ0v) is 12.2. The lowest BCUT2D eigenvalue weighted by atomic mass is 9.89. The smallest absolute Gasteiger partial charge is 0.289 e. The minimum Gasteiger partial charge on any atom is -0.459 e. The molecule has 1 N–H and O–H groups in total. The van der Waals surface area contributed by atoms with Crippen LogP contribution in [0.4, 0.5) is 4.79 Å². The van der Waals surface area contributed by atoms with E-state index in [1.54, 1.807) is 12.1 Å². The molecule has 2 heterocycles. The summed E-state index contributed by atoms with van der Waals surface area (Å²) in [6, 6.07) is 2.79. The Morgan fingerprint density at radius 2 is 2.14 bits per heavy atom. The maximum absolute atomic E-state index is 12.1. The molecule has 1 aromatic heterocycles. The second kappa shape index (κ2) is 5.93. The molecule has 2 aliphatic rings. The third kappa shape index (κ3) is 2.83. The van der Waals surface area contributed by atoms with E-state index in [1.165, 1.54) is 11.2 Å². The van der Waals surface area contributed by atoms with Crippen molar-refractivity contribution in [2.75, 3.05) is 5.75 Å². The van der Waals surface area contributed by atoms with Crippen molar-refractivity contribution in [1.82, 2.24) is 10.2 Å². The first-order chi connectivity index (χ1) is 10.2. The standard InChI is InChI=1S/C14H16N2O4S/c17-12-8-21-14(19)16(12)10-5-2-1-4-9(10)15-13(18)11-6-3-7-20-11/h3,6-7,9-10H,1-2,4-5,8H2,(H,15,18)/t9-,10-/m1/s1. The quantitative estimate of drug-likeness (QED) is 0.924. The SMILES string of the molecule is O=C(N[C@@H]1CCCC[C@H]1N1C(=O)CSC1=O)c1ccco1. The van der Waals surface area contributed by atoms with Gasteiger partial charge in [0.05, 0.1) is 24.1 Å². The number of thioether (sulfide) groups is 1. The van der Waals surface area contributed by atoms with Crippen LogP contribution in [0.15, 0.2) is 22.8 Å². The van der Waals surface area contributed by atoms with Gasteiger partial charge < -0.3 is 9.73 Å². The van der Waals surface area contributed by atoms with E-state index in [0.29, 0.717) is 0 Å². The van der Waals surface area contributed by atoms with E-state index in [1.807, 2.05) is 0 Å². The number of hydrogen-bond acceptors (Lipinski definition) is 5. The molecule has 7 heteroatoms. The van der Waals surface area contributed by atoms with Crippen molar-refractivity contribution in [3.63, 3.8) is 0 Å². The Bertz CT molecular complexity index is 541. The predicted octanol–water partition coefficient (Wildman–Crippen LogP) is 2.02. The first-order valence-electron chi connectivity index (χ1n) is 7.00. The molecule has 112 valence electrons. The van der Waals surface area contributed by atoms with Gasteiger partial charge in [-0.05, 0) is 25.0 Å². The first kappa shape index (κ1) is 14.2. The second-order valence-corrected chi connectivity index (χ2v) is 6.15. The minimum absolute atomic E-state index is 0.158. The number of amides is 3. The van der Waals surface area contributed by atoms with Gasteiger partial charge in [0, 0.05) is 0 Å². The van der Waals surface area contributed by atoms with Gasteiger partial charge in [0.25, 0.3) is 11.1 Å². The maximum atomic E-state index is 12.1. The molecule has 6 nitrogen and oxygen atoms in total. The fraction of sp³-hybridized carbons (Fsp3) is 0.500. The van der Waals surface area contributed by atoms with Gasteiger partial charge >= 0.3 is 0 Å². The number of furan rings is 1. The van der Waals surface area contributed by atoms with Crippen molar-refractivity contribution in [3.05, 3.63) is 24.2 Å². The molecular formula is C14H16N2O4S. The number of hydrogen-bond donors (Lipinski definition) is 1. The van der Waals surface area contributed by atoms with Crippen LogP contribution < -0.4 is 5.32 Å². The Hall–Kier alpha value is -1.76. The van der Waals surface area contributed by atoms with Gasteiger partial charge in [-0.2, -0.15) is 0 Å². The van der Waals surface area contributed by atoms with E-state index in [-0.39, 0.29) is 40.7 Å². The van der Waals surface area contributed by atoms with Gasteiger partial charge in [-0.1, -0.05) is 24.6 Å². The largest absolute Gasteiger partial charge is 0.459 e. The van der Waals surface area contributed by atoms with Crippen LogP contribution in [0, 0.1) is 0 Å². The van der Waals surface area contributed by atoms with Crippen molar-refractivity contribution in [2.45, 2.75) is 37.8 Å². The molecule has 3 amide bonds. The highest BCUT2D eigenvalue weighted by Crippen LogP contribution is 2.30. The van der Waals surface area contributed by atoms with Gasteiger partial charge in [-0.25, -0.2) is 0 Å². The Labute approximate surface area is 126 Å². The van der Waals surface area contributed by atoms with Crippen molar-refractivity contribution >= 4 is 28.8 Å². The average Bonchev–Trinajstić information content (AvgIpc) is 3.11. The second-order valence-electron chi connectivity index (χ2n) is 5.23. The number of carbonyl (C=O) groups is 3. The summed E-state index contributed by atoms with van der Waals surface area (Å²) in [5.41, 5.74) is 0. The molecule has 0 radical (unpaired) electrons. The number of nitrogens with one attached hydrogen (secondary N) is 1. The zero-order valence-electron chi connectivity index (χ0n) is 11.4.